The summed E-state index contributed by atoms with van der Waals surface area (Å²) in [6.07, 6.45) is 8.69. The molecule has 29 heavy (non-hydrogen) atoms. The SMILES string of the molecule is CC/C=C\C(=O)/C=C1\P[C@@H]2[C@@H](C[C@@H]1C)[C@@H]1CCC[C@](O)(C(=O)CO)[C@@]1(C)C[C@@H]2O. The molecule has 2 saturated carbocycles. The Bertz CT molecular complexity index is 716. The average Bonchev–Trinajstić information content (AvgIpc) is 2.68. The van der Waals surface area contributed by atoms with Gasteiger partial charge in [-0.1, -0.05) is 35.4 Å². The van der Waals surface area contributed by atoms with Crippen molar-refractivity contribution < 1.29 is 24.9 Å². The normalized spacial score (nSPS) is 44.6. The van der Waals surface area contributed by atoms with E-state index in [1.807, 2.05) is 19.9 Å². The number of fused-ring (bicyclic) bond motifs is 3. The molecular formula is C23H35O5P. The van der Waals surface area contributed by atoms with Gasteiger partial charge in [-0.05, 0) is 73.7 Å². The molecule has 3 aliphatic rings. The fourth-order valence-electron chi connectivity index (χ4n) is 6.18. The van der Waals surface area contributed by atoms with Crippen molar-refractivity contribution in [2.45, 2.75) is 76.7 Å². The number of ketones is 2. The Labute approximate surface area is 175 Å². The van der Waals surface area contributed by atoms with Gasteiger partial charge in [-0.2, -0.15) is 0 Å². The molecule has 0 aromatic heterocycles. The van der Waals surface area contributed by atoms with Crippen LogP contribution in [0.2, 0.25) is 0 Å². The van der Waals surface area contributed by atoms with Gasteiger partial charge >= 0.3 is 0 Å². The maximum atomic E-state index is 12.5. The third-order valence-corrected chi connectivity index (χ3v) is 9.87. The lowest BCUT2D eigenvalue weighted by molar-refractivity contribution is -0.195. The Morgan fingerprint density at radius 2 is 2.07 bits per heavy atom. The molecule has 1 saturated heterocycles. The lowest BCUT2D eigenvalue weighted by atomic mass is 9.48. The number of Topliss-reactive ketones (excluding diaryl/α,β-unsaturated/α-hetero) is 1. The summed E-state index contributed by atoms with van der Waals surface area (Å²) in [6, 6.07) is 0. The summed E-state index contributed by atoms with van der Waals surface area (Å²) in [7, 11) is 0.389. The van der Waals surface area contributed by atoms with Crippen molar-refractivity contribution in [2.75, 3.05) is 6.61 Å². The fourth-order valence-corrected chi connectivity index (χ4v) is 8.09. The van der Waals surface area contributed by atoms with E-state index in [0.29, 0.717) is 21.4 Å². The van der Waals surface area contributed by atoms with Gasteiger partial charge in [0.15, 0.2) is 11.6 Å². The number of hydrogen-bond acceptors (Lipinski definition) is 5. The van der Waals surface area contributed by atoms with Crippen molar-refractivity contribution in [2.24, 2.45) is 23.2 Å². The van der Waals surface area contributed by atoms with Crippen molar-refractivity contribution in [1.82, 2.24) is 0 Å². The first-order chi connectivity index (χ1) is 13.7. The molecule has 162 valence electrons. The highest BCUT2D eigenvalue weighted by atomic mass is 31.1. The van der Waals surface area contributed by atoms with Gasteiger partial charge in [0.2, 0.25) is 0 Å². The summed E-state index contributed by atoms with van der Waals surface area (Å²) in [5.74, 6) is 0.0868. The quantitative estimate of drug-likeness (QED) is 0.468. The predicted octanol–water partition coefficient (Wildman–Crippen LogP) is 2.97. The van der Waals surface area contributed by atoms with Gasteiger partial charge in [-0.3, -0.25) is 9.59 Å². The van der Waals surface area contributed by atoms with E-state index in [9.17, 15) is 24.9 Å². The molecule has 1 heterocycles. The second-order valence-corrected chi connectivity index (χ2v) is 10.9. The number of hydrogen-bond donors (Lipinski definition) is 3. The zero-order valence-corrected chi connectivity index (χ0v) is 18.7. The molecule has 0 amide bonds. The zero-order chi connectivity index (χ0) is 21.4. The molecule has 0 bridgehead atoms. The van der Waals surface area contributed by atoms with E-state index in [-0.39, 0.29) is 29.2 Å². The van der Waals surface area contributed by atoms with Crippen LogP contribution in [0.4, 0.5) is 0 Å². The number of allylic oxidation sites excluding steroid dienone is 4. The molecule has 3 rings (SSSR count). The number of carbonyl (C=O) groups excluding carboxylic acids is 2. The second-order valence-electron chi connectivity index (χ2n) is 9.41. The van der Waals surface area contributed by atoms with Crippen LogP contribution in [0, 0.1) is 23.2 Å². The largest absolute Gasteiger partial charge is 0.392 e. The van der Waals surface area contributed by atoms with Crippen LogP contribution in [-0.2, 0) is 9.59 Å². The molecule has 0 spiro atoms. The van der Waals surface area contributed by atoms with Crippen LogP contribution >= 0.6 is 8.58 Å². The van der Waals surface area contributed by atoms with Crippen LogP contribution in [0.1, 0.15) is 59.3 Å². The average molecular weight is 423 g/mol. The molecule has 0 radical (unpaired) electrons. The van der Waals surface area contributed by atoms with Crippen molar-refractivity contribution in [3.63, 3.8) is 0 Å². The van der Waals surface area contributed by atoms with Gasteiger partial charge in [0.25, 0.3) is 0 Å². The van der Waals surface area contributed by atoms with Crippen LogP contribution in [-0.4, -0.2) is 50.9 Å². The Hall–Kier alpha value is -0.870. The van der Waals surface area contributed by atoms with Crippen molar-refractivity contribution in [3.05, 3.63) is 23.5 Å². The molecule has 1 aliphatic heterocycles. The first-order valence-corrected chi connectivity index (χ1v) is 12.0. The van der Waals surface area contributed by atoms with Gasteiger partial charge in [-0.15, -0.1) is 0 Å². The number of carbonyl (C=O) groups is 2. The Kier molecular flexibility index (Phi) is 6.85. The highest BCUT2D eigenvalue weighted by molar-refractivity contribution is 7.44. The monoisotopic (exact) mass is 422 g/mol. The maximum Gasteiger partial charge on any atom is 0.190 e. The highest BCUT2D eigenvalue weighted by Gasteiger charge is 2.63. The highest BCUT2D eigenvalue weighted by Crippen LogP contribution is 2.64. The molecule has 0 aromatic carbocycles. The Morgan fingerprint density at radius 1 is 1.34 bits per heavy atom. The topological polar surface area (TPSA) is 94.8 Å². The fraction of sp³-hybridized carbons (Fsp3) is 0.739. The standard InChI is InChI=1S/C23H35O5P/c1-4-5-7-15(25)11-19-14(2)10-16-17-8-6-9-23(28,20(27)13-24)22(17,3)12-18(26)21(16)29-19/h5,7,11,14,16-18,21,24,26,28-29H,4,6,8-10,12-13H2,1-3H3/b7-5-,19-11-/t14-,16-,17-,18-,21+,22-,23-/m0/s1. The van der Waals surface area contributed by atoms with Crippen LogP contribution < -0.4 is 0 Å². The summed E-state index contributed by atoms with van der Waals surface area (Å²) in [5, 5.41) is 33.0. The van der Waals surface area contributed by atoms with Crippen molar-refractivity contribution in [1.29, 1.82) is 0 Å². The first-order valence-electron chi connectivity index (χ1n) is 10.9. The number of aliphatic hydroxyl groups excluding tert-OH is 2. The van der Waals surface area contributed by atoms with Crippen molar-refractivity contribution in [3.8, 4) is 0 Å². The lowest BCUT2D eigenvalue weighted by Gasteiger charge is -2.61. The Balaban J connectivity index is 1.89. The van der Waals surface area contributed by atoms with Gasteiger partial charge in [-0.25, -0.2) is 0 Å². The number of aliphatic hydroxyl groups is 3. The minimum absolute atomic E-state index is 0.00960. The molecule has 1 unspecified atom stereocenters. The molecule has 3 N–H and O–H groups in total. The molecule has 3 fully saturated rings. The van der Waals surface area contributed by atoms with Crippen LogP contribution in [0.5, 0.6) is 0 Å². The molecule has 6 heteroatoms. The first kappa shape index (κ1) is 22.8. The maximum absolute atomic E-state index is 12.5. The zero-order valence-electron chi connectivity index (χ0n) is 17.7. The van der Waals surface area contributed by atoms with E-state index in [4.69, 9.17) is 0 Å². The third-order valence-electron chi connectivity index (χ3n) is 7.75. The van der Waals surface area contributed by atoms with Gasteiger partial charge in [0, 0.05) is 11.1 Å². The van der Waals surface area contributed by atoms with Crippen LogP contribution in [0.3, 0.4) is 0 Å². The van der Waals surface area contributed by atoms with E-state index in [2.05, 4.69) is 6.92 Å². The third kappa shape index (κ3) is 3.92. The second kappa shape index (κ2) is 8.70. The summed E-state index contributed by atoms with van der Waals surface area (Å²) < 4.78 is 0. The van der Waals surface area contributed by atoms with E-state index in [1.165, 1.54) is 0 Å². The Morgan fingerprint density at radius 3 is 2.72 bits per heavy atom. The molecule has 2 aliphatic carbocycles. The van der Waals surface area contributed by atoms with Crippen molar-refractivity contribution >= 4 is 20.1 Å². The summed E-state index contributed by atoms with van der Waals surface area (Å²) in [4.78, 5) is 24.7. The number of rotatable bonds is 5. The summed E-state index contributed by atoms with van der Waals surface area (Å²) in [5.41, 5.74) is -2.22. The summed E-state index contributed by atoms with van der Waals surface area (Å²) in [6.45, 7) is 5.40. The molecular weight excluding hydrogens is 387 g/mol. The lowest BCUT2D eigenvalue weighted by Crippen LogP contribution is -2.66. The van der Waals surface area contributed by atoms with Gasteiger partial charge < -0.3 is 15.3 Å². The minimum atomic E-state index is -1.57. The van der Waals surface area contributed by atoms with E-state index in [1.54, 1.807) is 12.2 Å². The van der Waals surface area contributed by atoms with Gasteiger partial charge in [0.1, 0.15) is 12.2 Å². The predicted molar refractivity (Wildman–Crippen MR) is 115 cm³/mol. The molecule has 5 nitrogen and oxygen atoms in total. The molecule has 8 atom stereocenters. The van der Waals surface area contributed by atoms with Crippen LogP contribution in [0.25, 0.3) is 0 Å². The van der Waals surface area contributed by atoms with Crippen LogP contribution in [0.15, 0.2) is 23.5 Å². The summed E-state index contributed by atoms with van der Waals surface area (Å²) >= 11 is 0. The smallest absolute Gasteiger partial charge is 0.190 e. The van der Waals surface area contributed by atoms with Gasteiger partial charge in [0.05, 0.1) is 6.10 Å². The van der Waals surface area contributed by atoms with E-state index < -0.39 is 29.5 Å². The molecule has 0 aromatic rings. The van der Waals surface area contributed by atoms with E-state index in [0.717, 1.165) is 31.0 Å². The minimum Gasteiger partial charge on any atom is -0.392 e. The van der Waals surface area contributed by atoms with E-state index >= 15 is 0 Å².